The number of hydrogen-bond acceptors (Lipinski definition) is 2. The van der Waals surface area contributed by atoms with Crippen LogP contribution in [0.3, 0.4) is 0 Å². The molecule has 1 unspecified atom stereocenters. The lowest BCUT2D eigenvalue weighted by Gasteiger charge is -2.09. The molecular formula is C10H9F3O2. The van der Waals surface area contributed by atoms with E-state index in [9.17, 15) is 18.0 Å². The predicted molar refractivity (Wildman–Crippen MR) is 46.8 cm³/mol. The van der Waals surface area contributed by atoms with E-state index >= 15 is 0 Å². The molecular weight excluding hydrogens is 209 g/mol. The minimum Gasteiger partial charge on any atom is -0.464 e. The number of carbonyl (C=O) groups is 1. The van der Waals surface area contributed by atoms with Gasteiger partial charge in [0.2, 0.25) is 6.17 Å². The lowest BCUT2D eigenvalue weighted by Crippen LogP contribution is -2.14. The first-order valence-electron chi connectivity index (χ1n) is 4.32. The van der Waals surface area contributed by atoms with Crippen molar-refractivity contribution in [2.75, 3.05) is 6.61 Å². The molecule has 1 aromatic carbocycles. The number of rotatable bonds is 3. The van der Waals surface area contributed by atoms with E-state index in [2.05, 4.69) is 4.74 Å². The molecule has 0 fully saturated rings. The van der Waals surface area contributed by atoms with E-state index in [4.69, 9.17) is 0 Å². The van der Waals surface area contributed by atoms with Crippen LogP contribution in [0.2, 0.25) is 0 Å². The molecule has 0 saturated heterocycles. The van der Waals surface area contributed by atoms with E-state index in [1.54, 1.807) is 0 Å². The molecule has 1 aromatic rings. The van der Waals surface area contributed by atoms with Gasteiger partial charge < -0.3 is 4.74 Å². The summed E-state index contributed by atoms with van der Waals surface area (Å²) in [5.74, 6) is -3.49. The van der Waals surface area contributed by atoms with Crippen molar-refractivity contribution in [3.63, 3.8) is 0 Å². The van der Waals surface area contributed by atoms with Crippen LogP contribution in [0.4, 0.5) is 13.2 Å². The average Bonchev–Trinajstić information content (AvgIpc) is 2.17. The summed E-state index contributed by atoms with van der Waals surface area (Å²) in [6.07, 6.45) is -2.42. The summed E-state index contributed by atoms with van der Waals surface area (Å²) in [5.41, 5.74) is -0.907. The molecule has 2 nitrogen and oxygen atoms in total. The van der Waals surface area contributed by atoms with Crippen LogP contribution < -0.4 is 0 Å². The van der Waals surface area contributed by atoms with E-state index in [1.165, 1.54) is 6.92 Å². The van der Waals surface area contributed by atoms with Gasteiger partial charge in [-0.1, -0.05) is 6.07 Å². The third kappa shape index (κ3) is 2.49. The van der Waals surface area contributed by atoms with E-state index in [0.29, 0.717) is 0 Å². The SMILES string of the molecule is CCOC(=O)C(F)c1c(F)cccc1F. The van der Waals surface area contributed by atoms with Crippen molar-refractivity contribution >= 4 is 5.97 Å². The zero-order valence-corrected chi connectivity index (χ0v) is 7.97. The van der Waals surface area contributed by atoms with Gasteiger partial charge in [-0.25, -0.2) is 18.0 Å². The topological polar surface area (TPSA) is 26.3 Å². The largest absolute Gasteiger partial charge is 0.464 e. The molecule has 0 bridgehead atoms. The molecule has 0 aliphatic carbocycles. The van der Waals surface area contributed by atoms with Crippen LogP contribution in [0.1, 0.15) is 18.7 Å². The van der Waals surface area contributed by atoms with Gasteiger partial charge in [0, 0.05) is 0 Å². The summed E-state index contributed by atoms with van der Waals surface area (Å²) in [6.45, 7) is 1.43. The van der Waals surface area contributed by atoms with Crippen molar-refractivity contribution in [1.82, 2.24) is 0 Å². The van der Waals surface area contributed by atoms with Gasteiger partial charge in [0.15, 0.2) is 0 Å². The molecule has 0 aromatic heterocycles. The van der Waals surface area contributed by atoms with Gasteiger partial charge >= 0.3 is 5.97 Å². The van der Waals surface area contributed by atoms with Gasteiger partial charge in [-0.2, -0.15) is 0 Å². The van der Waals surface area contributed by atoms with Crippen LogP contribution in [-0.4, -0.2) is 12.6 Å². The average molecular weight is 218 g/mol. The number of alkyl halides is 1. The van der Waals surface area contributed by atoms with Crippen molar-refractivity contribution in [2.45, 2.75) is 13.1 Å². The molecule has 5 heteroatoms. The van der Waals surface area contributed by atoms with Crippen LogP contribution in [0.5, 0.6) is 0 Å². The highest BCUT2D eigenvalue weighted by molar-refractivity contribution is 5.76. The molecule has 1 atom stereocenters. The molecule has 1 rings (SSSR count). The Labute approximate surface area is 84.7 Å². The zero-order valence-electron chi connectivity index (χ0n) is 7.97. The van der Waals surface area contributed by atoms with Crippen LogP contribution in [0.15, 0.2) is 18.2 Å². The smallest absolute Gasteiger partial charge is 0.345 e. The van der Waals surface area contributed by atoms with Crippen molar-refractivity contribution in [3.8, 4) is 0 Å². The first-order valence-corrected chi connectivity index (χ1v) is 4.32. The lowest BCUT2D eigenvalue weighted by atomic mass is 10.1. The first kappa shape index (κ1) is 11.6. The van der Waals surface area contributed by atoms with Crippen molar-refractivity contribution < 1.29 is 22.7 Å². The van der Waals surface area contributed by atoms with Gasteiger partial charge in [0.05, 0.1) is 12.2 Å². The normalized spacial score (nSPS) is 12.3. The summed E-state index contributed by atoms with van der Waals surface area (Å²) in [6, 6.07) is 2.85. The highest BCUT2D eigenvalue weighted by atomic mass is 19.2. The Bertz CT molecular complexity index is 345. The minimum atomic E-state index is -2.42. The molecule has 0 spiro atoms. The maximum absolute atomic E-state index is 13.3. The molecule has 0 heterocycles. The Hall–Kier alpha value is -1.52. The predicted octanol–water partition coefficient (Wildman–Crippen LogP) is 2.54. The number of halogens is 3. The number of carbonyl (C=O) groups excluding carboxylic acids is 1. The summed E-state index contributed by atoms with van der Waals surface area (Å²) in [4.78, 5) is 10.9. The van der Waals surface area contributed by atoms with Crippen LogP contribution in [0, 0.1) is 11.6 Å². The molecule has 0 N–H and O–H groups in total. The van der Waals surface area contributed by atoms with E-state index in [1.807, 2.05) is 0 Å². The minimum absolute atomic E-state index is 0.0463. The third-order valence-corrected chi connectivity index (χ3v) is 1.75. The maximum atomic E-state index is 13.3. The van der Waals surface area contributed by atoms with Crippen LogP contribution >= 0.6 is 0 Å². The zero-order chi connectivity index (χ0) is 11.4. The molecule has 0 aliphatic heterocycles. The highest BCUT2D eigenvalue weighted by Gasteiger charge is 2.27. The molecule has 0 amide bonds. The van der Waals surface area contributed by atoms with Crippen molar-refractivity contribution in [3.05, 3.63) is 35.4 Å². The van der Waals surface area contributed by atoms with Crippen molar-refractivity contribution in [2.24, 2.45) is 0 Å². The number of hydrogen-bond donors (Lipinski definition) is 0. The Morgan fingerprint density at radius 1 is 1.40 bits per heavy atom. The second-order valence-electron chi connectivity index (χ2n) is 2.75. The summed E-state index contributed by atoms with van der Waals surface area (Å²) in [5, 5.41) is 0. The van der Waals surface area contributed by atoms with Gasteiger partial charge in [-0.3, -0.25) is 0 Å². The highest BCUT2D eigenvalue weighted by Crippen LogP contribution is 2.24. The Balaban J connectivity index is 3.00. The van der Waals surface area contributed by atoms with Gasteiger partial charge in [0.1, 0.15) is 11.6 Å². The number of ether oxygens (including phenoxy) is 1. The second kappa shape index (κ2) is 4.82. The Morgan fingerprint density at radius 2 is 1.93 bits per heavy atom. The quantitative estimate of drug-likeness (QED) is 0.729. The Kier molecular flexibility index (Phi) is 3.71. The molecule has 15 heavy (non-hydrogen) atoms. The fourth-order valence-electron chi connectivity index (χ4n) is 1.09. The standard InChI is InChI=1S/C10H9F3O2/c1-2-15-10(14)9(13)8-6(11)4-3-5-7(8)12/h3-5,9H,2H2,1H3. The van der Waals surface area contributed by atoms with E-state index in [-0.39, 0.29) is 6.61 Å². The Morgan fingerprint density at radius 3 is 2.40 bits per heavy atom. The molecule has 0 aliphatic rings. The molecule has 82 valence electrons. The fraction of sp³-hybridized carbons (Fsp3) is 0.300. The fourth-order valence-corrected chi connectivity index (χ4v) is 1.09. The van der Waals surface area contributed by atoms with Crippen LogP contribution in [0.25, 0.3) is 0 Å². The number of benzene rings is 1. The number of esters is 1. The van der Waals surface area contributed by atoms with E-state index < -0.39 is 29.3 Å². The molecule has 0 radical (unpaired) electrons. The van der Waals surface area contributed by atoms with Gasteiger partial charge in [-0.15, -0.1) is 0 Å². The van der Waals surface area contributed by atoms with E-state index in [0.717, 1.165) is 18.2 Å². The second-order valence-corrected chi connectivity index (χ2v) is 2.75. The van der Waals surface area contributed by atoms with Crippen molar-refractivity contribution in [1.29, 1.82) is 0 Å². The maximum Gasteiger partial charge on any atom is 0.345 e. The van der Waals surface area contributed by atoms with Crippen LogP contribution in [-0.2, 0) is 9.53 Å². The first-order chi connectivity index (χ1) is 7.07. The monoisotopic (exact) mass is 218 g/mol. The third-order valence-electron chi connectivity index (χ3n) is 1.75. The lowest BCUT2D eigenvalue weighted by molar-refractivity contribution is -0.149. The summed E-state index contributed by atoms with van der Waals surface area (Å²) >= 11 is 0. The summed E-state index contributed by atoms with van der Waals surface area (Å²) in [7, 11) is 0. The summed E-state index contributed by atoms with van der Waals surface area (Å²) < 4.78 is 43.6. The van der Waals surface area contributed by atoms with Gasteiger partial charge in [-0.05, 0) is 19.1 Å². The van der Waals surface area contributed by atoms with Gasteiger partial charge in [0.25, 0.3) is 0 Å². The molecule has 0 saturated carbocycles.